The second-order valence-corrected chi connectivity index (χ2v) is 6.05. The summed E-state index contributed by atoms with van der Waals surface area (Å²) in [6.07, 6.45) is 0. The Morgan fingerprint density at radius 3 is 1.77 bits per heavy atom. The number of fused-ring (bicyclic) bond motifs is 1. The summed E-state index contributed by atoms with van der Waals surface area (Å²) in [5, 5.41) is 0. The number of hydrogen-bond acceptors (Lipinski definition) is 0. The Hall–Kier alpha value is 0. The predicted octanol–water partition coefficient (Wildman–Crippen LogP) is 3.82. The summed E-state index contributed by atoms with van der Waals surface area (Å²) < 4.78 is 0. The maximum absolute atomic E-state index is 2.52. The summed E-state index contributed by atoms with van der Waals surface area (Å²) in [7, 11) is 0. The molecule has 0 aliphatic heterocycles. The van der Waals surface area contributed by atoms with Crippen molar-refractivity contribution in [1.82, 2.24) is 0 Å². The van der Waals surface area contributed by atoms with Gasteiger partial charge in [0.05, 0.1) is 0 Å². The molecule has 0 N–H and O–H groups in total. The van der Waals surface area contributed by atoms with E-state index in [2.05, 4.69) is 41.5 Å². The zero-order chi connectivity index (χ0) is 9.96. The van der Waals surface area contributed by atoms with Gasteiger partial charge in [0.25, 0.3) is 0 Å². The normalized spacial score (nSPS) is 66.0. The molecule has 0 heterocycles. The van der Waals surface area contributed by atoms with Crippen molar-refractivity contribution in [3.05, 3.63) is 0 Å². The lowest BCUT2D eigenvalue weighted by Gasteiger charge is -2.40. The molecule has 0 heteroatoms. The summed E-state index contributed by atoms with van der Waals surface area (Å²) >= 11 is 0. The quantitative estimate of drug-likeness (QED) is 0.531. The van der Waals surface area contributed by atoms with E-state index < -0.39 is 0 Å². The largest absolute Gasteiger partial charge is 0.0620 e. The first-order chi connectivity index (χ1) is 5.92. The molecule has 2 aliphatic carbocycles. The third kappa shape index (κ3) is 0.926. The Morgan fingerprint density at radius 2 is 1.23 bits per heavy atom. The van der Waals surface area contributed by atoms with E-state index in [-0.39, 0.29) is 0 Å². The average Bonchev–Trinajstić information content (AvgIpc) is 2.65. The molecule has 7 atom stereocenters. The minimum absolute atomic E-state index is 0.686. The molecule has 0 aromatic carbocycles. The van der Waals surface area contributed by atoms with Crippen LogP contribution >= 0.6 is 0 Å². The second-order valence-electron chi connectivity index (χ2n) is 6.05. The maximum atomic E-state index is 2.52. The highest BCUT2D eigenvalue weighted by atomic mass is 14.7. The molecule has 76 valence electrons. The molecular formula is C13H24. The zero-order valence-corrected chi connectivity index (χ0v) is 9.96. The van der Waals surface area contributed by atoms with Crippen LogP contribution in [0.4, 0.5) is 0 Å². The molecule has 13 heavy (non-hydrogen) atoms. The van der Waals surface area contributed by atoms with Crippen molar-refractivity contribution in [2.24, 2.45) is 40.9 Å². The molecule has 7 unspecified atom stereocenters. The monoisotopic (exact) mass is 180 g/mol. The van der Waals surface area contributed by atoms with Crippen LogP contribution in [-0.2, 0) is 0 Å². The first-order valence-electron chi connectivity index (χ1n) is 5.92. The molecule has 0 aromatic heterocycles. The second kappa shape index (κ2) is 2.52. The van der Waals surface area contributed by atoms with E-state index in [0.717, 1.165) is 35.5 Å². The minimum Gasteiger partial charge on any atom is -0.0620 e. The van der Waals surface area contributed by atoms with Crippen molar-refractivity contribution in [2.75, 3.05) is 0 Å². The molecule has 0 spiro atoms. The van der Waals surface area contributed by atoms with Crippen LogP contribution in [0.25, 0.3) is 0 Å². The Bertz CT molecular complexity index is 206. The van der Waals surface area contributed by atoms with Crippen molar-refractivity contribution in [3.63, 3.8) is 0 Å². The minimum atomic E-state index is 0.686. The Morgan fingerprint density at radius 1 is 0.692 bits per heavy atom. The van der Waals surface area contributed by atoms with Gasteiger partial charge in [0.15, 0.2) is 0 Å². The lowest BCUT2D eigenvalue weighted by atomic mass is 9.64. The van der Waals surface area contributed by atoms with E-state index in [9.17, 15) is 0 Å². The first kappa shape index (κ1) is 9.55. The summed E-state index contributed by atoms with van der Waals surface area (Å²) in [6.45, 7) is 14.8. The molecular weight excluding hydrogens is 156 g/mol. The van der Waals surface area contributed by atoms with Crippen LogP contribution in [0.2, 0.25) is 0 Å². The summed E-state index contributed by atoms with van der Waals surface area (Å²) in [6, 6.07) is 0. The van der Waals surface area contributed by atoms with Gasteiger partial charge in [0.2, 0.25) is 0 Å². The summed E-state index contributed by atoms with van der Waals surface area (Å²) in [5.74, 6) is 5.72. The third-order valence-corrected chi connectivity index (χ3v) is 6.12. The van der Waals surface area contributed by atoms with Gasteiger partial charge in [0.1, 0.15) is 0 Å². The fourth-order valence-corrected chi connectivity index (χ4v) is 4.36. The predicted molar refractivity (Wildman–Crippen MR) is 57.4 cm³/mol. The van der Waals surface area contributed by atoms with E-state index in [4.69, 9.17) is 0 Å². The van der Waals surface area contributed by atoms with Crippen LogP contribution in [0.3, 0.4) is 0 Å². The van der Waals surface area contributed by atoms with Gasteiger partial charge < -0.3 is 0 Å². The SMILES string of the molecule is CC1C(C)C(C)C2(C)C(C)C2C1C. The topological polar surface area (TPSA) is 0 Å². The Kier molecular flexibility index (Phi) is 1.85. The molecule has 2 rings (SSSR count). The van der Waals surface area contributed by atoms with Crippen LogP contribution in [-0.4, -0.2) is 0 Å². The molecule has 0 radical (unpaired) electrons. The lowest BCUT2D eigenvalue weighted by Crippen LogP contribution is -2.35. The fourth-order valence-electron chi connectivity index (χ4n) is 4.36. The molecule has 2 saturated carbocycles. The lowest BCUT2D eigenvalue weighted by molar-refractivity contribution is 0.0762. The van der Waals surface area contributed by atoms with Crippen LogP contribution in [0.5, 0.6) is 0 Å². The van der Waals surface area contributed by atoms with Gasteiger partial charge in [-0.1, -0.05) is 41.5 Å². The smallest absolute Gasteiger partial charge is 0.0235 e. The van der Waals surface area contributed by atoms with Gasteiger partial charge in [-0.05, 0) is 40.9 Å². The Balaban J connectivity index is 2.28. The van der Waals surface area contributed by atoms with Gasteiger partial charge in [-0.25, -0.2) is 0 Å². The van der Waals surface area contributed by atoms with E-state index in [1.807, 2.05) is 0 Å². The van der Waals surface area contributed by atoms with Gasteiger partial charge in [-0.2, -0.15) is 0 Å². The molecule has 0 bridgehead atoms. The summed E-state index contributed by atoms with van der Waals surface area (Å²) in [5.41, 5.74) is 0.686. The molecule has 0 aromatic rings. The molecule has 0 amide bonds. The van der Waals surface area contributed by atoms with E-state index in [0.29, 0.717) is 5.41 Å². The van der Waals surface area contributed by atoms with Crippen molar-refractivity contribution >= 4 is 0 Å². The van der Waals surface area contributed by atoms with Crippen molar-refractivity contribution < 1.29 is 0 Å². The van der Waals surface area contributed by atoms with Gasteiger partial charge in [-0.3, -0.25) is 0 Å². The summed E-state index contributed by atoms with van der Waals surface area (Å²) in [4.78, 5) is 0. The zero-order valence-electron chi connectivity index (χ0n) is 9.96. The van der Waals surface area contributed by atoms with Crippen LogP contribution in [0.1, 0.15) is 41.5 Å². The molecule has 2 aliphatic rings. The highest BCUT2D eigenvalue weighted by molar-refractivity contribution is 5.14. The van der Waals surface area contributed by atoms with Crippen molar-refractivity contribution in [3.8, 4) is 0 Å². The maximum Gasteiger partial charge on any atom is -0.0235 e. The van der Waals surface area contributed by atoms with E-state index in [1.54, 1.807) is 0 Å². The van der Waals surface area contributed by atoms with Crippen LogP contribution < -0.4 is 0 Å². The van der Waals surface area contributed by atoms with Gasteiger partial charge in [-0.15, -0.1) is 0 Å². The average molecular weight is 180 g/mol. The highest BCUT2D eigenvalue weighted by Gasteiger charge is 2.67. The van der Waals surface area contributed by atoms with Gasteiger partial charge >= 0.3 is 0 Å². The first-order valence-corrected chi connectivity index (χ1v) is 5.92. The fraction of sp³-hybridized carbons (Fsp3) is 1.00. The Labute approximate surface area is 83.1 Å². The van der Waals surface area contributed by atoms with E-state index in [1.165, 1.54) is 0 Å². The molecule has 0 saturated heterocycles. The van der Waals surface area contributed by atoms with Gasteiger partial charge in [0, 0.05) is 0 Å². The number of rotatable bonds is 0. The van der Waals surface area contributed by atoms with Crippen molar-refractivity contribution in [2.45, 2.75) is 41.5 Å². The standard InChI is InChI=1S/C13H24/c1-7-8(2)10(4)13(6)11(5)12(13)9(7)3/h7-12H,1-6H3. The highest BCUT2D eigenvalue weighted by Crippen LogP contribution is 2.72. The van der Waals surface area contributed by atoms with Crippen LogP contribution in [0.15, 0.2) is 0 Å². The molecule has 2 fully saturated rings. The number of hydrogen-bond donors (Lipinski definition) is 0. The van der Waals surface area contributed by atoms with Crippen LogP contribution in [0, 0.1) is 40.9 Å². The third-order valence-electron chi connectivity index (χ3n) is 6.12. The van der Waals surface area contributed by atoms with E-state index >= 15 is 0 Å². The van der Waals surface area contributed by atoms with Crippen molar-refractivity contribution in [1.29, 1.82) is 0 Å². The molecule has 0 nitrogen and oxygen atoms in total.